The molecule has 1 aromatic carbocycles. The van der Waals surface area contributed by atoms with Crippen molar-refractivity contribution in [1.29, 1.82) is 0 Å². The number of alkyl carbamates (subject to hydrolysis) is 1. The van der Waals surface area contributed by atoms with Crippen molar-refractivity contribution in [2.24, 2.45) is 0 Å². The average molecular weight is 305 g/mol. The molecule has 2 atom stereocenters. The lowest BCUT2D eigenvalue weighted by Crippen LogP contribution is -2.59. The van der Waals surface area contributed by atoms with Crippen molar-refractivity contribution >= 4 is 12.1 Å². The van der Waals surface area contributed by atoms with Crippen molar-refractivity contribution in [3.05, 3.63) is 35.9 Å². The van der Waals surface area contributed by atoms with Gasteiger partial charge in [0.05, 0.1) is 6.61 Å². The first kappa shape index (κ1) is 16.3. The third kappa shape index (κ3) is 4.76. The van der Waals surface area contributed by atoms with E-state index in [2.05, 4.69) is 17.4 Å². The lowest BCUT2D eigenvalue weighted by Gasteiger charge is -2.34. The molecule has 0 aliphatic carbocycles. The summed E-state index contributed by atoms with van der Waals surface area (Å²) in [5.74, 6) is -0.383. The molecule has 120 valence electrons. The van der Waals surface area contributed by atoms with Crippen LogP contribution in [-0.4, -0.2) is 30.8 Å². The van der Waals surface area contributed by atoms with E-state index in [1.54, 1.807) is 0 Å². The first-order chi connectivity index (χ1) is 10.7. The molecule has 1 aliphatic heterocycles. The Morgan fingerprint density at radius 1 is 1.23 bits per heavy atom. The molecule has 1 amide bonds. The van der Waals surface area contributed by atoms with Crippen molar-refractivity contribution in [3.8, 4) is 0 Å². The highest BCUT2D eigenvalue weighted by Crippen LogP contribution is 2.17. The molecule has 1 N–H and O–H groups in total. The van der Waals surface area contributed by atoms with E-state index in [9.17, 15) is 9.59 Å². The number of benzene rings is 1. The highest BCUT2D eigenvalue weighted by molar-refractivity contribution is 5.86. The predicted molar refractivity (Wildman–Crippen MR) is 82.4 cm³/mol. The van der Waals surface area contributed by atoms with Crippen molar-refractivity contribution in [3.63, 3.8) is 0 Å². The largest absolute Gasteiger partial charge is 0.458 e. The molecule has 1 unspecified atom stereocenters. The minimum atomic E-state index is -0.546. The number of unbranched alkanes of at least 4 members (excludes halogenated alkanes) is 2. The molecule has 0 saturated carbocycles. The highest BCUT2D eigenvalue weighted by Gasteiger charge is 2.42. The van der Waals surface area contributed by atoms with Gasteiger partial charge in [-0.3, -0.25) is 0 Å². The summed E-state index contributed by atoms with van der Waals surface area (Å²) in [5.41, 5.74) is 1.33. The van der Waals surface area contributed by atoms with Gasteiger partial charge in [-0.15, -0.1) is 0 Å². The number of nitrogens with one attached hydrogen (secondary N) is 1. The Bertz CT molecular complexity index is 489. The average Bonchev–Trinajstić information content (AvgIpc) is 2.54. The van der Waals surface area contributed by atoms with Gasteiger partial charge in [-0.05, 0) is 37.7 Å². The lowest BCUT2D eigenvalue weighted by atomic mass is 10.0. The van der Waals surface area contributed by atoms with E-state index in [0.29, 0.717) is 13.0 Å². The Balaban J connectivity index is 1.51. The summed E-state index contributed by atoms with van der Waals surface area (Å²) in [6.45, 7) is 2.28. The van der Waals surface area contributed by atoms with E-state index < -0.39 is 12.1 Å². The molecule has 1 fully saturated rings. The second kappa shape index (κ2) is 8.41. The van der Waals surface area contributed by atoms with Gasteiger partial charge in [-0.25, -0.2) is 9.59 Å². The molecular weight excluding hydrogens is 282 g/mol. The third-order valence-corrected chi connectivity index (χ3v) is 3.75. The van der Waals surface area contributed by atoms with Gasteiger partial charge in [0.15, 0.2) is 6.04 Å². The van der Waals surface area contributed by atoms with Crippen molar-refractivity contribution in [2.75, 3.05) is 6.61 Å². The number of amides is 1. The second-order valence-corrected chi connectivity index (χ2v) is 5.44. The Morgan fingerprint density at radius 2 is 2.00 bits per heavy atom. The molecule has 5 nitrogen and oxygen atoms in total. The second-order valence-electron chi connectivity index (χ2n) is 5.44. The molecule has 0 spiro atoms. The van der Waals surface area contributed by atoms with Crippen LogP contribution >= 0.6 is 0 Å². The predicted octanol–water partition coefficient (Wildman–Crippen LogP) is 2.83. The van der Waals surface area contributed by atoms with Crippen LogP contribution in [0.25, 0.3) is 0 Å². The summed E-state index contributed by atoms with van der Waals surface area (Å²) in [6.07, 6.45) is 3.88. The van der Waals surface area contributed by atoms with Gasteiger partial charge in [0, 0.05) is 0 Å². The molecule has 0 bridgehead atoms. The zero-order valence-electron chi connectivity index (χ0n) is 12.9. The monoisotopic (exact) mass is 305 g/mol. The molecule has 0 aromatic heterocycles. The first-order valence-electron chi connectivity index (χ1n) is 7.88. The topological polar surface area (TPSA) is 64.6 Å². The summed E-state index contributed by atoms with van der Waals surface area (Å²) in [5, 5.41) is 2.55. The summed E-state index contributed by atoms with van der Waals surface area (Å²) >= 11 is 0. The Hall–Kier alpha value is -2.04. The fraction of sp³-hybridized carbons (Fsp3) is 0.529. The van der Waals surface area contributed by atoms with Crippen LogP contribution in [0.5, 0.6) is 0 Å². The van der Waals surface area contributed by atoms with E-state index in [0.717, 1.165) is 25.7 Å². The fourth-order valence-electron chi connectivity index (χ4n) is 2.43. The van der Waals surface area contributed by atoms with E-state index in [4.69, 9.17) is 9.47 Å². The molecule has 1 heterocycles. The third-order valence-electron chi connectivity index (χ3n) is 3.75. The first-order valence-corrected chi connectivity index (χ1v) is 7.88. The number of rotatable bonds is 8. The summed E-state index contributed by atoms with van der Waals surface area (Å²) in [6, 6.07) is 9.78. The Morgan fingerprint density at radius 3 is 2.68 bits per heavy atom. The van der Waals surface area contributed by atoms with Crippen LogP contribution in [0.15, 0.2) is 30.3 Å². The van der Waals surface area contributed by atoms with E-state index in [1.807, 2.05) is 25.1 Å². The van der Waals surface area contributed by atoms with Crippen LogP contribution in [0.1, 0.15) is 38.2 Å². The number of cyclic esters (lactones) is 1. The van der Waals surface area contributed by atoms with Gasteiger partial charge < -0.3 is 14.8 Å². The van der Waals surface area contributed by atoms with Crippen molar-refractivity contribution in [1.82, 2.24) is 5.32 Å². The molecule has 1 aromatic rings. The standard InChI is InChI=1S/C17H23NO4/c1-2-14-15(16(19)22-14)18-17(20)21-12-8-4-7-11-13-9-5-3-6-10-13/h3,5-6,9-10,14-15H,2,4,7-8,11-12H2,1H3,(H,18,20)/t14?,15-/m1/s1. The number of aryl methyl sites for hydroxylation is 1. The van der Waals surface area contributed by atoms with E-state index >= 15 is 0 Å². The smallest absolute Gasteiger partial charge is 0.407 e. The SMILES string of the molecule is CCC1OC(=O)[C@@H]1NC(=O)OCCCCCc1ccccc1. The van der Waals surface area contributed by atoms with Crippen molar-refractivity contribution < 1.29 is 19.1 Å². The minimum absolute atomic E-state index is 0.217. The van der Waals surface area contributed by atoms with Crippen LogP contribution in [0.4, 0.5) is 4.79 Å². The van der Waals surface area contributed by atoms with Crippen LogP contribution in [0.3, 0.4) is 0 Å². The normalized spacial score (nSPS) is 20.0. The summed E-state index contributed by atoms with van der Waals surface area (Å²) in [4.78, 5) is 22.8. The Kier molecular flexibility index (Phi) is 6.25. The zero-order valence-corrected chi connectivity index (χ0v) is 12.9. The Labute approximate surface area is 131 Å². The number of ether oxygens (including phenoxy) is 2. The van der Waals surface area contributed by atoms with E-state index in [1.165, 1.54) is 5.56 Å². The van der Waals surface area contributed by atoms with Crippen LogP contribution < -0.4 is 5.32 Å². The van der Waals surface area contributed by atoms with Gasteiger partial charge in [0.1, 0.15) is 6.10 Å². The molecule has 0 radical (unpaired) electrons. The summed E-state index contributed by atoms with van der Waals surface area (Å²) in [7, 11) is 0. The maximum atomic E-state index is 11.6. The molecule has 1 aliphatic rings. The van der Waals surface area contributed by atoms with Gasteiger partial charge in [0.2, 0.25) is 0 Å². The maximum absolute atomic E-state index is 11.6. The van der Waals surface area contributed by atoms with E-state index in [-0.39, 0.29) is 12.1 Å². The van der Waals surface area contributed by atoms with Crippen LogP contribution in [-0.2, 0) is 20.7 Å². The molecule has 2 rings (SSSR count). The fourth-order valence-corrected chi connectivity index (χ4v) is 2.43. The number of carbonyl (C=O) groups excluding carboxylic acids is 2. The quantitative estimate of drug-likeness (QED) is 0.592. The van der Waals surface area contributed by atoms with Gasteiger partial charge in [0.25, 0.3) is 0 Å². The molecule has 1 saturated heterocycles. The van der Waals surface area contributed by atoms with Crippen molar-refractivity contribution in [2.45, 2.75) is 51.2 Å². The minimum Gasteiger partial charge on any atom is -0.458 e. The highest BCUT2D eigenvalue weighted by atomic mass is 16.6. The zero-order chi connectivity index (χ0) is 15.8. The maximum Gasteiger partial charge on any atom is 0.407 e. The van der Waals surface area contributed by atoms with Crippen LogP contribution in [0, 0.1) is 0 Å². The number of hydrogen-bond acceptors (Lipinski definition) is 4. The van der Waals surface area contributed by atoms with Crippen LogP contribution in [0.2, 0.25) is 0 Å². The summed E-state index contributed by atoms with van der Waals surface area (Å²) < 4.78 is 9.98. The molecule has 5 heteroatoms. The molecule has 22 heavy (non-hydrogen) atoms. The number of hydrogen-bond donors (Lipinski definition) is 1. The molecular formula is C17H23NO4. The van der Waals surface area contributed by atoms with Gasteiger partial charge in [-0.1, -0.05) is 37.3 Å². The van der Waals surface area contributed by atoms with Gasteiger partial charge in [-0.2, -0.15) is 0 Å². The number of carbonyl (C=O) groups is 2. The lowest BCUT2D eigenvalue weighted by molar-refractivity contribution is -0.176. The van der Waals surface area contributed by atoms with Gasteiger partial charge >= 0.3 is 12.1 Å². The number of esters is 1.